The number of hydrogen-bond donors (Lipinski definition) is 1. The molecule has 0 aliphatic carbocycles. The zero-order valence-corrected chi connectivity index (χ0v) is 17.6. The Balaban J connectivity index is 1.36. The molecule has 152 valence electrons. The number of β-amino-alcohol motifs (C(OH)–C–C–N with tert-alkyl or cyclic N) is 1. The number of aliphatic hydroxyl groups is 1. The Morgan fingerprint density at radius 3 is 2.81 bits per heavy atom. The molecule has 5 heteroatoms. The molecule has 3 atom stereocenters. The third kappa shape index (κ3) is 6.10. The van der Waals surface area contributed by atoms with Crippen LogP contribution in [0.25, 0.3) is 0 Å². The van der Waals surface area contributed by atoms with Crippen molar-refractivity contribution in [3.63, 3.8) is 0 Å². The molecule has 4 nitrogen and oxygen atoms in total. The summed E-state index contributed by atoms with van der Waals surface area (Å²) >= 11 is 1.90. The molecule has 0 amide bonds. The molecule has 1 aromatic rings. The van der Waals surface area contributed by atoms with Crippen molar-refractivity contribution in [2.24, 2.45) is 5.92 Å². The first kappa shape index (κ1) is 20.9. The summed E-state index contributed by atoms with van der Waals surface area (Å²) in [4.78, 5) is 14.5. The van der Waals surface area contributed by atoms with Gasteiger partial charge in [-0.05, 0) is 30.6 Å². The second-order valence-electron chi connectivity index (χ2n) is 8.41. The Morgan fingerprint density at radius 2 is 1.96 bits per heavy atom. The maximum atomic E-state index is 12.1. The lowest BCUT2D eigenvalue weighted by atomic mass is 9.83. The van der Waals surface area contributed by atoms with Crippen molar-refractivity contribution in [2.75, 3.05) is 31.1 Å². The number of aromatic nitrogens is 1. The second kappa shape index (κ2) is 10.7. The summed E-state index contributed by atoms with van der Waals surface area (Å²) in [7, 11) is 0. The van der Waals surface area contributed by atoms with Crippen LogP contribution in [0.15, 0.2) is 23.0 Å². The molecule has 2 bridgehead atoms. The number of fused-ring (bicyclic) bond motifs is 4. The lowest BCUT2D eigenvalue weighted by molar-refractivity contribution is 0.0717. The van der Waals surface area contributed by atoms with Crippen LogP contribution in [0.1, 0.15) is 63.5 Å². The molecule has 3 heterocycles. The predicted molar refractivity (Wildman–Crippen MR) is 115 cm³/mol. The summed E-state index contributed by atoms with van der Waals surface area (Å²) in [6.45, 7) is 5.85. The molecule has 0 spiro atoms. The highest BCUT2D eigenvalue weighted by molar-refractivity contribution is 7.99. The Labute approximate surface area is 168 Å². The molecule has 1 saturated heterocycles. The fourth-order valence-corrected chi connectivity index (χ4v) is 5.65. The zero-order chi connectivity index (χ0) is 19.1. The van der Waals surface area contributed by atoms with E-state index in [1.165, 1.54) is 56.4 Å². The van der Waals surface area contributed by atoms with E-state index < -0.39 is 0 Å². The van der Waals surface area contributed by atoms with Crippen molar-refractivity contribution in [3.8, 4) is 0 Å². The van der Waals surface area contributed by atoms with Gasteiger partial charge in [0.15, 0.2) is 0 Å². The van der Waals surface area contributed by atoms with Gasteiger partial charge in [-0.1, -0.05) is 45.1 Å². The highest BCUT2D eigenvalue weighted by Gasteiger charge is 2.34. The molecule has 0 saturated carbocycles. The third-order valence-electron chi connectivity index (χ3n) is 5.98. The number of rotatable bonds is 11. The molecule has 0 aromatic carbocycles. The van der Waals surface area contributed by atoms with Crippen LogP contribution < -0.4 is 5.56 Å². The number of aliphatic hydroxyl groups excluding tert-OH is 1. The number of unbranched alkanes of at least 4 members (excludes halogenated alkanes) is 5. The number of piperidine rings is 1. The average molecular weight is 393 g/mol. The first-order chi connectivity index (χ1) is 13.2. The number of hydrogen-bond acceptors (Lipinski definition) is 4. The van der Waals surface area contributed by atoms with Gasteiger partial charge in [0.25, 0.3) is 5.56 Å². The standard InChI is InChI=1S/C22H36N2O2S/c1-2-3-4-5-6-7-11-27-17-20(25)16-23-13-18-12-19(15-23)21-9-8-10-22(26)24(21)14-18/h8-10,18-20,25H,2-7,11-17H2,1H3/t18?,19-,20?/m0/s1. The molecule has 1 aromatic heterocycles. The Morgan fingerprint density at radius 1 is 1.15 bits per heavy atom. The van der Waals surface area contributed by atoms with Crippen LogP contribution in [0.3, 0.4) is 0 Å². The van der Waals surface area contributed by atoms with E-state index in [1.54, 1.807) is 6.07 Å². The molecule has 2 aliphatic rings. The lowest BCUT2D eigenvalue weighted by Crippen LogP contribution is -2.49. The van der Waals surface area contributed by atoms with E-state index in [-0.39, 0.29) is 11.7 Å². The lowest BCUT2D eigenvalue weighted by Gasteiger charge is -2.43. The minimum Gasteiger partial charge on any atom is -0.391 e. The van der Waals surface area contributed by atoms with Crippen LogP contribution in [0.2, 0.25) is 0 Å². The summed E-state index contributed by atoms with van der Waals surface area (Å²) < 4.78 is 1.98. The van der Waals surface area contributed by atoms with Crippen LogP contribution in [0.5, 0.6) is 0 Å². The highest BCUT2D eigenvalue weighted by atomic mass is 32.2. The van der Waals surface area contributed by atoms with Gasteiger partial charge in [0.1, 0.15) is 0 Å². The van der Waals surface area contributed by atoms with Crippen LogP contribution in [0, 0.1) is 5.92 Å². The quantitative estimate of drug-likeness (QED) is 0.583. The third-order valence-corrected chi connectivity index (χ3v) is 7.17. The number of likely N-dealkylation sites (tertiary alicyclic amines) is 1. The van der Waals surface area contributed by atoms with Gasteiger partial charge in [0.05, 0.1) is 6.10 Å². The monoisotopic (exact) mass is 392 g/mol. The smallest absolute Gasteiger partial charge is 0.250 e. The van der Waals surface area contributed by atoms with Crippen LogP contribution in [-0.2, 0) is 6.54 Å². The molecule has 2 aliphatic heterocycles. The van der Waals surface area contributed by atoms with Crippen molar-refractivity contribution in [2.45, 2.75) is 70.4 Å². The largest absolute Gasteiger partial charge is 0.391 e. The number of nitrogens with zero attached hydrogens (tertiary/aromatic N) is 2. The van der Waals surface area contributed by atoms with Crippen LogP contribution in [-0.4, -0.2) is 51.8 Å². The molecule has 27 heavy (non-hydrogen) atoms. The van der Waals surface area contributed by atoms with Crippen LogP contribution >= 0.6 is 11.8 Å². The van der Waals surface area contributed by atoms with Gasteiger partial charge < -0.3 is 9.67 Å². The van der Waals surface area contributed by atoms with Gasteiger partial charge >= 0.3 is 0 Å². The molecule has 1 fully saturated rings. The van der Waals surface area contributed by atoms with Gasteiger partial charge in [-0.3, -0.25) is 9.69 Å². The molecule has 0 radical (unpaired) electrons. The summed E-state index contributed by atoms with van der Waals surface area (Å²) in [6.07, 6.45) is 8.95. The highest BCUT2D eigenvalue weighted by Crippen LogP contribution is 2.34. The van der Waals surface area contributed by atoms with Gasteiger partial charge in [0.2, 0.25) is 0 Å². The van der Waals surface area contributed by atoms with Gasteiger partial charge in [-0.25, -0.2) is 0 Å². The van der Waals surface area contributed by atoms with Crippen molar-refractivity contribution in [3.05, 3.63) is 34.2 Å². The molecular formula is C22H36N2O2S. The van der Waals surface area contributed by atoms with Gasteiger partial charge in [-0.15, -0.1) is 0 Å². The Bertz CT molecular complexity index is 633. The van der Waals surface area contributed by atoms with E-state index in [9.17, 15) is 9.90 Å². The number of pyridine rings is 1. The fourth-order valence-electron chi connectivity index (χ4n) is 4.70. The predicted octanol–water partition coefficient (Wildman–Crippen LogP) is 3.72. The first-order valence-corrected chi connectivity index (χ1v) is 12.0. The fraction of sp³-hybridized carbons (Fsp3) is 0.773. The summed E-state index contributed by atoms with van der Waals surface area (Å²) in [5.74, 6) is 3.00. The van der Waals surface area contributed by atoms with E-state index in [2.05, 4.69) is 17.9 Å². The summed E-state index contributed by atoms with van der Waals surface area (Å²) in [6, 6.07) is 5.67. The average Bonchev–Trinajstić information content (AvgIpc) is 2.65. The first-order valence-electron chi connectivity index (χ1n) is 10.8. The van der Waals surface area contributed by atoms with E-state index in [4.69, 9.17) is 0 Å². The van der Waals surface area contributed by atoms with Crippen molar-refractivity contribution < 1.29 is 5.11 Å². The summed E-state index contributed by atoms with van der Waals surface area (Å²) in [5.41, 5.74) is 1.33. The maximum Gasteiger partial charge on any atom is 0.250 e. The van der Waals surface area contributed by atoms with E-state index >= 15 is 0 Å². The minimum absolute atomic E-state index is 0.141. The molecule has 1 N–H and O–H groups in total. The Hall–Kier alpha value is -0.780. The van der Waals surface area contributed by atoms with Gasteiger partial charge in [-0.2, -0.15) is 11.8 Å². The van der Waals surface area contributed by atoms with Gasteiger partial charge in [0, 0.05) is 49.6 Å². The SMILES string of the molecule is CCCCCCCCSCC(O)CN1CC2C[C@@H](C1)c1cccc(=O)n1C2. The van der Waals surface area contributed by atoms with E-state index in [0.29, 0.717) is 11.8 Å². The van der Waals surface area contributed by atoms with Crippen molar-refractivity contribution >= 4 is 11.8 Å². The summed E-state index contributed by atoms with van der Waals surface area (Å²) in [5, 5.41) is 10.5. The molecular weight excluding hydrogens is 356 g/mol. The minimum atomic E-state index is -0.244. The zero-order valence-electron chi connectivity index (χ0n) is 16.8. The second-order valence-corrected chi connectivity index (χ2v) is 9.56. The van der Waals surface area contributed by atoms with Crippen LogP contribution in [0.4, 0.5) is 0 Å². The topological polar surface area (TPSA) is 45.5 Å². The van der Waals surface area contributed by atoms with Crippen molar-refractivity contribution in [1.82, 2.24) is 9.47 Å². The van der Waals surface area contributed by atoms with E-state index in [0.717, 1.165) is 31.9 Å². The molecule has 2 unspecified atom stereocenters. The Kier molecular flexibility index (Phi) is 8.28. The maximum absolute atomic E-state index is 12.1. The van der Waals surface area contributed by atoms with E-state index in [1.807, 2.05) is 22.4 Å². The molecule has 3 rings (SSSR count). The normalized spacial score (nSPS) is 23.2. The number of thioether (sulfide) groups is 1. The van der Waals surface area contributed by atoms with Crippen molar-refractivity contribution in [1.29, 1.82) is 0 Å².